The second kappa shape index (κ2) is 9.37. The lowest BCUT2D eigenvalue weighted by Crippen LogP contribution is -2.52. The minimum absolute atomic E-state index is 0.282. The Balaban J connectivity index is 1.81. The molecule has 3 rings (SSSR count). The maximum absolute atomic E-state index is 13.3. The first-order chi connectivity index (χ1) is 13.4. The summed E-state index contributed by atoms with van der Waals surface area (Å²) < 4.78 is 39.8. The molecule has 0 spiro atoms. The van der Waals surface area contributed by atoms with Crippen LogP contribution in [-0.2, 0) is 0 Å². The summed E-state index contributed by atoms with van der Waals surface area (Å²) in [7, 11) is 0. The number of amides is 1. The fourth-order valence-electron chi connectivity index (χ4n) is 3.82. The summed E-state index contributed by atoms with van der Waals surface area (Å²) in [5.74, 6) is -0.394. The van der Waals surface area contributed by atoms with Crippen molar-refractivity contribution in [2.24, 2.45) is 0 Å². The number of alkyl halides is 3. The maximum atomic E-state index is 13.3. The van der Waals surface area contributed by atoms with Crippen molar-refractivity contribution < 1.29 is 18.0 Å². The lowest BCUT2D eigenvalue weighted by Gasteiger charge is -2.36. The van der Waals surface area contributed by atoms with Crippen LogP contribution < -0.4 is 5.32 Å². The standard InChI is InChI=1S/C21H26F3N3O/c22-21(23,24)17-7-8-19(27-13-5-3-1-2-4-6-14-27)18(15-17)26-20(28)16-9-11-25-12-10-16/h7-12,15,18-19H,1-6,13-14H2,(H,26,28). The monoisotopic (exact) mass is 393 g/mol. The number of allylic oxidation sites excluding steroid dienone is 2. The highest BCUT2D eigenvalue weighted by Gasteiger charge is 2.37. The number of nitrogens with zero attached hydrogens (tertiary/aromatic N) is 2. The Morgan fingerprint density at radius 1 is 1.04 bits per heavy atom. The van der Waals surface area contributed by atoms with Crippen molar-refractivity contribution in [2.75, 3.05) is 13.1 Å². The molecule has 1 N–H and O–H groups in total. The van der Waals surface area contributed by atoms with Gasteiger partial charge >= 0.3 is 6.18 Å². The van der Waals surface area contributed by atoms with Gasteiger partial charge in [-0.2, -0.15) is 13.2 Å². The maximum Gasteiger partial charge on any atom is 0.416 e. The second-order valence-corrected chi connectivity index (χ2v) is 7.36. The van der Waals surface area contributed by atoms with E-state index in [0.29, 0.717) is 5.56 Å². The number of aromatic nitrogens is 1. The number of nitrogens with one attached hydrogen (secondary N) is 1. The van der Waals surface area contributed by atoms with Gasteiger partial charge in [0.1, 0.15) is 0 Å². The summed E-state index contributed by atoms with van der Waals surface area (Å²) in [5.41, 5.74) is -0.331. The van der Waals surface area contributed by atoms with Crippen LogP contribution in [0, 0.1) is 0 Å². The van der Waals surface area contributed by atoms with Gasteiger partial charge in [-0.3, -0.25) is 14.7 Å². The van der Waals surface area contributed by atoms with Gasteiger partial charge in [-0.25, -0.2) is 0 Å². The number of hydrogen-bond acceptors (Lipinski definition) is 3. The third-order valence-electron chi connectivity index (χ3n) is 5.33. The smallest absolute Gasteiger partial charge is 0.344 e. The lowest BCUT2D eigenvalue weighted by molar-refractivity contribution is -0.0890. The van der Waals surface area contributed by atoms with E-state index in [0.717, 1.165) is 50.9 Å². The van der Waals surface area contributed by atoms with Crippen molar-refractivity contribution in [3.8, 4) is 0 Å². The average Bonchev–Trinajstić information content (AvgIpc) is 2.82. The molecule has 0 radical (unpaired) electrons. The molecule has 1 aromatic rings. The van der Waals surface area contributed by atoms with Gasteiger partial charge in [0.15, 0.2) is 0 Å². The summed E-state index contributed by atoms with van der Waals surface area (Å²) in [5, 5.41) is 2.80. The Morgan fingerprint density at radius 2 is 1.64 bits per heavy atom. The molecule has 1 fully saturated rings. The zero-order chi connectivity index (χ0) is 20.0. The Morgan fingerprint density at radius 3 is 2.25 bits per heavy atom. The quantitative estimate of drug-likeness (QED) is 0.835. The van der Waals surface area contributed by atoms with Crippen molar-refractivity contribution in [3.05, 3.63) is 53.9 Å². The van der Waals surface area contributed by atoms with Crippen LogP contribution in [-0.4, -0.2) is 47.1 Å². The van der Waals surface area contributed by atoms with E-state index in [1.165, 1.54) is 25.2 Å². The summed E-state index contributed by atoms with van der Waals surface area (Å²) in [6, 6.07) is 2.09. The number of pyridine rings is 1. The molecule has 1 amide bonds. The number of carbonyl (C=O) groups excluding carboxylic acids is 1. The fraction of sp³-hybridized carbons (Fsp3) is 0.524. The highest BCUT2D eigenvalue weighted by atomic mass is 19.4. The van der Waals surface area contributed by atoms with Crippen LogP contribution in [0.3, 0.4) is 0 Å². The summed E-state index contributed by atoms with van der Waals surface area (Å²) in [6.45, 7) is 1.65. The highest BCUT2D eigenvalue weighted by molar-refractivity contribution is 5.94. The van der Waals surface area contributed by atoms with E-state index < -0.39 is 23.7 Å². The van der Waals surface area contributed by atoms with Gasteiger partial charge < -0.3 is 5.32 Å². The molecule has 0 aromatic carbocycles. The molecular weight excluding hydrogens is 367 g/mol. The van der Waals surface area contributed by atoms with Crippen molar-refractivity contribution >= 4 is 5.91 Å². The molecule has 0 bridgehead atoms. The molecule has 2 aliphatic rings. The molecule has 1 aliphatic carbocycles. The molecule has 1 aliphatic heterocycles. The first-order valence-corrected chi connectivity index (χ1v) is 9.87. The Kier molecular flexibility index (Phi) is 6.88. The Labute approximate surface area is 163 Å². The largest absolute Gasteiger partial charge is 0.416 e. The van der Waals surface area contributed by atoms with Gasteiger partial charge in [-0.15, -0.1) is 0 Å². The lowest BCUT2D eigenvalue weighted by atomic mass is 9.95. The minimum atomic E-state index is -4.44. The predicted molar refractivity (Wildman–Crippen MR) is 102 cm³/mol. The zero-order valence-electron chi connectivity index (χ0n) is 15.8. The third-order valence-corrected chi connectivity index (χ3v) is 5.33. The third kappa shape index (κ3) is 5.44. The first kappa shape index (κ1) is 20.6. The molecule has 1 saturated heterocycles. The van der Waals surface area contributed by atoms with Gasteiger partial charge in [-0.05, 0) is 44.1 Å². The van der Waals surface area contributed by atoms with E-state index in [1.54, 1.807) is 18.2 Å². The van der Waals surface area contributed by atoms with E-state index in [2.05, 4.69) is 15.2 Å². The molecule has 4 nitrogen and oxygen atoms in total. The Bertz CT molecular complexity index is 705. The van der Waals surface area contributed by atoms with Crippen molar-refractivity contribution in [3.63, 3.8) is 0 Å². The molecule has 1 aromatic heterocycles. The molecule has 2 unspecified atom stereocenters. The number of halogens is 3. The van der Waals surface area contributed by atoms with Gasteiger partial charge in [-0.1, -0.05) is 37.8 Å². The first-order valence-electron chi connectivity index (χ1n) is 9.87. The normalized spacial score (nSPS) is 24.6. The van der Waals surface area contributed by atoms with Gasteiger partial charge in [0.25, 0.3) is 5.91 Å². The van der Waals surface area contributed by atoms with Crippen LogP contribution in [0.5, 0.6) is 0 Å². The van der Waals surface area contributed by atoms with Crippen LogP contribution in [0.15, 0.2) is 48.3 Å². The highest BCUT2D eigenvalue weighted by Crippen LogP contribution is 2.31. The minimum Gasteiger partial charge on any atom is -0.344 e. The topological polar surface area (TPSA) is 45.2 Å². The molecule has 2 atom stereocenters. The van der Waals surface area contributed by atoms with Crippen molar-refractivity contribution in [1.29, 1.82) is 0 Å². The SMILES string of the molecule is O=C(NC1C=C(C(F)(F)F)C=CC1N1CCCCCCCC1)c1ccncc1. The molecule has 2 heterocycles. The zero-order valence-corrected chi connectivity index (χ0v) is 15.8. The van der Waals surface area contributed by atoms with E-state index in [4.69, 9.17) is 0 Å². The van der Waals surface area contributed by atoms with Crippen LogP contribution in [0.1, 0.15) is 48.9 Å². The summed E-state index contributed by atoms with van der Waals surface area (Å²) in [4.78, 5) is 18.7. The summed E-state index contributed by atoms with van der Waals surface area (Å²) in [6.07, 6.45) is 9.14. The van der Waals surface area contributed by atoms with E-state index in [9.17, 15) is 18.0 Å². The van der Waals surface area contributed by atoms with Crippen LogP contribution in [0.4, 0.5) is 13.2 Å². The number of carbonyl (C=O) groups is 1. The van der Waals surface area contributed by atoms with Gasteiger partial charge in [0.05, 0.1) is 17.7 Å². The Hall–Kier alpha value is -2.15. The molecular formula is C21H26F3N3O. The van der Waals surface area contributed by atoms with Crippen LogP contribution >= 0.6 is 0 Å². The van der Waals surface area contributed by atoms with Crippen LogP contribution in [0.25, 0.3) is 0 Å². The fourth-order valence-corrected chi connectivity index (χ4v) is 3.82. The molecule has 7 heteroatoms. The van der Waals surface area contributed by atoms with E-state index in [1.807, 2.05) is 0 Å². The number of rotatable bonds is 3. The number of hydrogen-bond donors (Lipinski definition) is 1. The van der Waals surface area contributed by atoms with E-state index >= 15 is 0 Å². The van der Waals surface area contributed by atoms with Crippen molar-refractivity contribution in [1.82, 2.24) is 15.2 Å². The van der Waals surface area contributed by atoms with Crippen LogP contribution in [0.2, 0.25) is 0 Å². The van der Waals surface area contributed by atoms with E-state index in [-0.39, 0.29) is 6.04 Å². The van der Waals surface area contributed by atoms with Gasteiger partial charge in [0, 0.05) is 18.0 Å². The second-order valence-electron chi connectivity index (χ2n) is 7.36. The average molecular weight is 393 g/mol. The molecule has 0 saturated carbocycles. The molecule has 28 heavy (non-hydrogen) atoms. The summed E-state index contributed by atoms with van der Waals surface area (Å²) >= 11 is 0. The van der Waals surface area contributed by atoms with Crippen molar-refractivity contribution in [2.45, 2.75) is 56.8 Å². The predicted octanol–water partition coefficient (Wildman–Crippen LogP) is 4.26. The van der Waals surface area contributed by atoms with Gasteiger partial charge in [0.2, 0.25) is 0 Å². The molecule has 152 valence electrons.